The fraction of sp³-hybridized carbons (Fsp3) is 0.182. The van der Waals surface area contributed by atoms with E-state index in [2.05, 4.69) is 10.6 Å². The van der Waals surface area contributed by atoms with Crippen LogP contribution in [0, 0.1) is 0 Å². The molecule has 4 N–H and O–H groups in total. The molecule has 0 radical (unpaired) electrons. The van der Waals surface area contributed by atoms with E-state index in [0.717, 1.165) is 24.0 Å². The van der Waals surface area contributed by atoms with E-state index in [1.165, 1.54) is 12.2 Å². The Balaban J connectivity index is 1.56. The molecule has 0 unspecified atom stereocenters. The summed E-state index contributed by atoms with van der Waals surface area (Å²) in [5.74, 6) is -0.00282. The van der Waals surface area contributed by atoms with Gasteiger partial charge in [-0.1, -0.05) is 24.3 Å². The summed E-state index contributed by atoms with van der Waals surface area (Å²) in [5, 5.41) is 24.0. The Hall–Kier alpha value is -3.54. The van der Waals surface area contributed by atoms with E-state index in [0.29, 0.717) is 13.1 Å². The number of aromatic hydroxyl groups is 2. The highest BCUT2D eigenvalue weighted by atomic mass is 16.3. The first-order valence-electron chi connectivity index (χ1n) is 9.03. The SMILES string of the molecule is O=C(/C=C\c1ccc(O)cc1)NCCCCNC(=O)/C=C\c1ccc(O)cc1. The average molecular weight is 380 g/mol. The number of phenols is 2. The maximum absolute atomic E-state index is 11.7. The topological polar surface area (TPSA) is 98.7 Å². The summed E-state index contributed by atoms with van der Waals surface area (Å²) in [6, 6.07) is 13.1. The Morgan fingerprint density at radius 2 is 1.04 bits per heavy atom. The first-order valence-corrected chi connectivity index (χ1v) is 9.03. The van der Waals surface area contributed by atoms with E-state index in [1.807, 2.05) is 0 Å². The molecule has 0 aliphatic rings. The van der Waals surface area contributed by atoms with Crippen molar-refractivity contribution in [2.24, 2.45) is 0 Å². The maximum atomic E-state index is 11.7. The normalized spacial score (nSPS) is 11.0. The molecule has 0 saturated heterocycles. The van der Waals surface area contributed by atoms with Crippen molar-refractivity contribution < 1.29 is 19.8 Å². The van der Waals surface area contributed by atoms with Gasteiger partial charge in [0.15, 0.2) is 0 Å². The van der Waals surface area contributed by atoms with Crippen LogP contribution in [0.2, 0.25) is 0 Å². The van der Waals surface area contributed by atoms with Crippen LogP contribution in [0.3, 0.4) is 0 Å². The maximum Gasteiger partial charge on any atom is 0.243 e. The van der Waals surface area contributed by atoms with Crippen molar-refractivity contribution in [2.75, 3.05) is 13.1 Å². The largest absolute Gasteiger partial charge is 0.508 e. The molecule has 0 atom stereocenters. The van der Waals surface area contributed by atoms with Crippen LogP contribution in [0.15, 0.2) is 60.7 Å². The lowest BCUT2D eigenvalue weighted by Gasteiger charge is -2.04. The molecular formula is C22H24N2O4. The predicted octanol–water partition coefficient (Wildman–Crippen LogP) is 2.84. The summed E-state index contributed by atoms with van der Waals surface area (Å²) in [5.41, 5.74) is 1.66. The molecule has 0 aromatic heterocycles. The molecule has 0 heterocycles. The van der Waals surface area contributed by atoms with Gasteiger partial charge >= 0.3 is 0 Å². The zero-order valence-corrected chi connectivity index (χ0v) is 15.5. The second-order valence-corrected chi connectivity index (χ2v) is 6.14. The lowest BCUT2D eigenvalue weighted by Crippen LogP contribution is -2.25. The lowest BCUT2D eigenvalue weighted by molar-refractivity contribution is -0.117. The third-order valence-electron chi connectivity index (χ3n) is 3.84. The highest BCUT2D eigenvalue weighted by Crippen LogP contribution is 2.11. The minimum atomic E-state index is -0.186. The average Bonchev–Trinajstić information content (AvgIpc) is 2.69. The van der Waals surface area contributed by atoms with Crippen molar-refractivity contribution in [3.63, 3.8) is 0 Å². The van der Waals surface area contributed by atoms with Crippen molar-refractivity contribution in [2.45, 2.75) is 12.8 Å². The van der Waals surface area contributed by atoms with Gasteiger partial charge in [-0.25, -0.2) is 0 Å². The summed E-state index contributed by atoms with van der Waals surface area (Å²) in [6.45, 7) is 1.05. The smallest absolute Gasteiger partial charge is 0.243 e. The molecule has 0 spiro atoms. The van der Waals surface area contributed by atoms with Gasteiger partial charge in [0.05, 0.1) is 0 Å². The Labute approximate surface area is 164 Å². The number of carbonyl (C=O) groups is 2. The lowest BCUT2D eigenvalue weighted by atomic mass is 10.2. The van der Waals surface area contributed by atoms with E-state index in [4.69, 9.17) is 0 Å². The van der Waals surface area contributed by atoms with E-state index >= 15 is 0 Å². The predicted molar refractivity (Wildman–Crippen MR) is 110 cm³/mol. The molecular weight excluding hydrogens is 356 g/mol. The molecule has 2 aromatic rings. The summed E-state index contributed by atoms with van der Waals surface area (Å²) >= 11 is 0. The number of benzene rings is 2. The van der Waals surface area contributed by atoms with Crippen molar-refractivity contribution >= 4 is 24.0 Å². The highest BCUT2D eigenvalue weighted by Gasteiger charge is 1.98. The number of amides is 2. The monoisotopic (exact) mass is 380 g/mol. The van der Waals surface area contributed by atoms with Gasteiger partial charge in [0, 0.05) is 25.2 Å². The van der Waals surface area contributed by atoms with Gasteiger partial charge in [0.1, 0.15) is 11.5 Å². The number of carbonyl (C=O) groups excluding carboxylic acids is 2. The zero-order chi connectivity index (χ0) is 20.2. The Bertz CT molecular complexity index is 753. The van der Waals surface area contributed by atoms with Crippen LogP contribution >= 0.6 is 0 Å². The summed E-state index contributed by atoms with van der Waals surface area (Å²) in [6.07, 6.45) is 7.75. The van der Waals surface area contributed by atoms with Gasteiger partial charge in [-0.15, -0.1) is 0 Å². The molecule has 2 aromatic carbocycles. The van der Waals surface area contributed by atoms with Crippen LogP contribution < -0.4 is 10.6 Å². The molecule has 6 nitrogen and oxygen atoms in total. The van der Waals surface area contributed by atoms with E-state index < -0.39 is 0 Å². The standard InChI is InChI=1S/C22H24N2O4/c25-19-9-3-17(4-10-19)7-13-21(27)23-15-1-2-16-24-22(28)14-8-18-5-11-20(26)12-6-18/h3-14,25-26H,1-2,15-16H2,(H,23,27)(H,24,28)/b13-7-,14-8-. The summed E-state index contributed by atoms with van der Waals surface area (Å²) in [4.78, 5) is 23.4. The van der Waals surface area contributed by atoms with Crippen molar-refractivity contribution in [1.29, 1.82) is 0 Å². The van der Waals surface area contributed by atoms with Crippen LogP contribution in [-0.2, 0) is 9.59 Å². The van der Waals surface area contributed by atoms with E-state index in [-0.39, 0.29) is 23.3 Å². The number of hydrogen-bond acceptors (Lipinski definition) is 4. The van der Waals surface area contributed by atoms with Crippen LogP contribution in [-0.4, -0.2) is 35.1 Å². The molecule has 0 saturated carbocycles. The number of phenolic OH excluding ortho intramolecular Hbond substituents is 2. The number of rotatable bonds is 9. The van der Waals surface area contributed by atoms with Gasteiger partial charge in [0.25, 0.3) is 0 Å². The van der Waals surface area contributed by atoms with Crippen LogP contribution in [0.4, 0.5) is 0 Å². The molecule has 2 rings (SSSR count). The summed E-state index contributed by atoms with van der Waals surface area (Å²) in [7, 11) is 0. The van der Waals surface area contributed by atoms with Gasteiger partial charge in [-0.05, 0) is 60.4 Å². The molecule has 0 fully saturated rings. The van der Waals surface area contributed by atoms with Crippen molar-refractivity contribution in [3.05, 3.63) is 71.8 Å². The molecule has 0 aliphatic heterocycles. The van der Waals surface area contributed by atoms with E-state index in [1.54, 1.807) is 60.7 Å². The Morgan fingerprint density at radius 1 is 0.679 bits per heavy atom. The second-order valence-electron chi connectivity index (χ2n) is 6.14. The van der Waals surface area contributed by atoms with Gasteiger partial charge < -0.3 is 20.8 Å². The number of unbranched alkanes of at least 4 members (excludes halogenated alkanes) is 1. The Kier molecular flexibility index (Phi) is 8.33. The fourth-order valence-electron chi connectivity index (χ4n) is 2.31. The van der Waals surface area contributed by atoms with Crippen molar-refractivity contribution in [3.8, 4) is 11.5 Å². The fourth-order valence-corrected chi connectivity index (χ4v) is 2.31. The molecule has 2 amide bonds. The minimum absolute atomic E-state index is 0.185. The first-order chi connectivity index (χ1) is 13.5. The molecule has 28 heavy (non-hydrogen) atoms. The van der Waals surface area contributed by atoms with Crippen LogP contribution in [0.25, 0.3) is 12.2 Å². The third kappa shape index (κ3) is 8.23. The van der Waals surface area contributed by atoms with Gasteiger partial charge in [0.2, 0.25) is 11.8 Å². The van der Waals surface area contributed by atoms with Crippen LogP contribution in [0.1, 0.15) is 24.0 Å². The van der Waals surface area contributed by atoms with Gasteiger partial charge in [-0.2, -0.15) is 0 Å². The van der Waals surface area contributed by atoms with E-state index in [9.17, 15) is 19.8 Å². The molecule has 0 bridgehead atoms. The highest BCUT2D eigenvalue weighted by molar-refractivity contribution is 5.92. The first kappa shape index (κ1) is 20.8. The minimum Gasteiger partial charge on any atom is -0.508 e. The molecule has 146 valence electrons. The molecule has 0 aliphatic carbocycles. The quantitative estimate of drug-likeness (QED) is 0.397. The number of nitrogens with one attached hydrogen (secondary N) is 2. The van der Waals surface area contributed by atoms with Gasteiger partial charge in [-0.3, -0.25) is 9.59 Å². The van der Waals surface area contributed by atoms with Crippen molar-refractivity contribution in [1.82, 2.24) is 10.6 Å². The Morgan fingerprint density at radius 3 is 1.39 bits per heavy atom. The zero-order valence-electron chi connectivity index (χ0n) is 15.5. The van der Waals surface area contributed by atoms with Crippen LogP contribution in [0.5, 0.6) is 11.5 Å². The second kappa shape index (κ2) is 11.2. The number of hydrogen-bond donors (Lipinski definition) is 4. The summed E-state index contributed by atoms with van der Waals surface area (Å²) < 4.78 is 0. The third-order valence-corrected chi connectivity index (χ3v) is 3.84. The molecule has 6 heteroatoms.